The van der Waals surface area contributed by atoms with Gasteiger partial charge in [-0.25, -0.2) is 0 Å². The van der Waals surface area contributed by atoms with Crippen molar-refractivity contribution in [2.24, 2.45) is 5.73 Å². The Morgan fingerprint density at radius 1 is 1.36 bits per heavy atom. The summed E-state index contributed by atoms with van der Waals surface area (Å²) in [6.45, 7) is 0. The fraction of sp³-hybridized carbons (Fsp3) is 0.364. The van der Waals surface area contributed by atoms with E-state index in [4.69, 9.17) is 5.73 Å². The molecule has 0 radical (unpaired) electrons. The highest BCUT2D eigenvalue weighted by Crippen LogP contribution is 2.06. The summed E-state index contributed by atoms with van der Waals surface area (Å²) in [5.41, 5.74) is 7.08. The number of benzene rings is 1. The highest BCUT2D eigenvalue weighted by molar-refractivity contribution is 7.96. The van der Waals surface area contributed by atoms with Crippen LogP contribution in [0.4, 0.5) is 0 Å². The van der Waals surface area contributed by atoms with E-state index in [0.29, 0.717) is 12.8 Å². The third-order valence-corrected chi connectivity index (χ3v) is 2.29. The lowest BCUT2D eigenvalue weighted by molar-refractivity contribution is -0.110. The van der Waals surface area contributed by atoms with Crippen LogP contribution in [0.15, 0.2) is 30.3 Å². The zero-order valence-corrected chi connectivity index (χ0v) is 8.91. The van der Waals surface area contributed by atoms with E-state index in [1.54, 1.807) is 0 Å². The van der Waals surface area contributed by atoms with Crippen LogP contribution in [0.1, 0.15) is 18.4 Å². The first-order valence-electron chi connectivity index (χ1n) is 4.70. The lowest BCUT2D eigenvalue weighted by Crippen LogP contribution is -2.23. The predicted octanol–water partition coefficient (Wildman–Crippen LogP) is 1.79. The van der Waals surface area contributed by atoms with Crippen molar-refractivity contribution < 1.29 is 4.79 Å². The van der Waals surface area contributed by atoms with Crippen molar-refractivity contribution in [3.8, 4) is 0 Å². The molecule has 0 unspecified atom stereocenters. The molecule has 14 heavy (non-hydrogen) atoms. The van der Waals surface area contributed by atoms with Crippen LogP contribution in [0.5, 0.6) is 0 Å². The van der Waals surface area contributed by atoms with Crippen LogP contribution in [-0.2, 0) is 11.2 Å². The Hall–Kier alpha value is -0.800. The van der Waals surface area contributed by atoms with E-state index in [1.165, 1.54) is 5.56 Å². The van der Waals surface area contributed by atoms with Crippen LogP contribution in [0, 0.1) is 0 Å². The molecular formula is C11H15NOS. The monoisotopic (exact) mass is 209 g/mol. The summed E-state index contributed by atoms with van der Waals surface area (Å²) < 4.78 is 0. The number of carbonyl (C=O) groups excluding carboxylic acids is 1. The number of hydrogen-bond donors (Lipinski definition) is 2. The molecule has 1 rings (SSSR count). The Bertz CT molecular complexity index is 287. The molecule has 0 fully saturated rings. The van der Waals surface area contributed by atoms with Gasteiger partial charge in [-0.15, -0.1) is 12.6 Å². The van der Waals surface area contributed by atoms with E-state index in [9.17, 15) is 4.79 Å². The predicted molar refractivity (Wildman–Crippen MR) is 61.3 cm³/mol. The zero-order chi connectivity index (χ0) is 10.4. The van der Waals surface area contributed by atoms with Gasteiger partial charge in [0, 0.05) is 12.5 Å². The molecule has 0 spiro atoms. The molecule has 0 aliphatic rings. The maximum absolute atomic E-state index is 10.6. The molecule has 0 saturated carbocycles. The number of rotatable bonds is 5. The fourth-order valence-corrected chi connectivity index (χ4v) is 1.46. The molecule has 0 aliphatic carbocycles. The standard InChI is InChI=1S/C11H15NOS/c12-10(6-7-11(13)14)8-9-4-2-1-3-5-9/h1-5,10H,6-8,12H2,(H,13,14)/t10-/m0/s1. The summed E-state index contributed by atoms with van der Waals surface area (Å²) in [7, 11) is 0. The van der Waals surface area contributed by atoms with E-state index in [0.717, 1.165) is 6.42 Å². The smallest absolute Gasteiger partial charge is 0.185 e. The molecule has 2 N–H and O–H groups in total. The van der Waals surface area contributed by atoms with Gasteiger partial charge in [-0.05, 0) is 18.4 Å². The Balaban J connectivity index is 2.34. The molecule has 1 aromatic carbocycles. The zero-order valence-electron chi connectivity index (χ0n) is 8.02. The van der Waals surface area contributed by atoms with Crippen molar-refractivity contribution in [3.63, 3.8) is 0 Å². The molecule has 2 nitrogen and oxygen atoms in total. The van der Waals surface area contributed by atoms with Crippen molar-refractivity contribution >= 4 is 17.7 Å². The third-order valence-electron chi connectivity index (χ3n) is 2.07. The van der Waals surface area contributed by atoms with Crippen LogP contribution >= 0.6 is 12.6 Å². The van der Waals surface area contributed by atoms with Crippen molar-refractivity contribution in [3.05, 3.63) is 35.9 Å². The first-order chi connectivity index (χ1) is 6.68. The minimum atomic E-state index is -0.0893. The third kappa shape index (κ3) is 4.44. The molecule has 0 saturated heterocycles. The highest BCUT2D eigenvalue weighted by atomic mass is 32.1. The van der Waals surface area contributed by atoms with Crippen molar-refractivity contribution in [2.75, 3.05) is 0 Å². The van der Waals surface area contributed by atoms with Crippen molar-refractivity contribution in [1.29, 1.82) is 0 Å². The molecule has 0 amide bonds. The first-order valence-corrected chi connectivity index (χ1v) is 5.14. The van der Waals surface area contributed by atoms with Crippen LogP contribution in [0.2, 0.25) is 0 Å². The molecule has 0 heterocycles. The molecule has 1 atom stereocenters. The van der Waals surface area contributed by atoms with E-state index in [-0.39, 0.29) is 11.2 Å². The quantitative estimate of drug-likeness (QED) is 0.726. The number of carbonyl (C=O) groups is 1. The lowest BCUT2D eigenvalue weighted by Gasteiger charge is -2.09. The topological polar surface area (TPSA) is 43.1 Å². The van der Waals surface area contributed by atoms with Gasteiger partial charge in [0.15, 0.2) is 5.12 Å². The largest absolute Gasteiger partial charge is 0.327 e. The summed E-state index contributed by atoms with van der Waals surface area (Å²) in [5.74, 6) is 0. The second-order valence-electron chi connectivity index (χ2n) is 3.38. The second kappa shape index (κ2) is 5.83. The Morgan fingerprint density at radius 3 is 2.57 bits per heavy atom. The maximum Gasteiger partial charge on any atom is 0.185 e. The normalized spacial score (nSPS) is 12.4. The van der Waals surface area contributed by atoms with Gasteiger partial charge in [-0.1, -0.05) is 30.3 Å². The van der Waals surface area contributed by atoms with Crippen LogP contribution in [0.25, 0.3) is 0 Å². The Labute approximate surface area is 89.9 Å². The average molecular weight is 209 g/mol. The molecular weight excluding hydrogens is 194 g/mol. The van der Waals surface area contributed by atoms with Gasteiger partial charge < -0.3 is 5.73 Å². The average Bonchev–Trinajstić information content (AvgIpc) is 2.16. The molecule has 3 heteroatoms. The highest BCUT2D eigenvalue weighted by Gasteiger charge is 2.05. The minimum Gasteiger partial charge on any atom is -0.327 e. The summed E-state index contributed by atoms with van der Waals surface area (Å²) in [6, 6.07) is 10.1. The van der Waals surface area contributed by atoms with Gasteiger partial charge in [0.1, 0.15) is 0 Å². The SMILES string of the molecule is N[C@@H](CCC(=O)S)Cc1ccccc1. The Kier molecular flexibility index (Phi) is 4.70. The van der Waals surface area contributed by atoms with Crippen LogP contribution < -0.4 is 5.73 Å². The van der Waals surface area contributed by atoms with Crippen LogP contribution in [0.3, 0.4) is 0 Å². The molecule has 0 bridgehead atoms. The molecule has 0 aromatic heterocycles. The van der Waals surface area contributed by atoms with Gasteiger partial charge in [-0.3, -0.25) is 4.79 Å². The number of thiol groups is 1. The van der Waals surface area contributed by atoms with E-state index in [2.05, 4.69) is 12.6 Å². The van der Waals surface area contributed by atoms with Gasteiger partial charge in [-0.2, -0.15) is 0 Å². The lowest BCUT2D eigenvalue weighted by atomic mass is 10.0. The molecule has 76 valence electrons. The van der Waals surface area contributed by atoms with Gasteiger partial charge in [0.25, 0.3) is 0 Å². The van der Waals surface area contributed by atoms with E-state index in [1.807, 2.05) is 30.3 Å². The summed E-state index contributed by atoms with van der Waals surface area (Å²) >= 11 is 3.70. The summed E-state index contributed by atoms with van der Waals surface area (Å²) in [5, 5.41) is -0.0893. The Morgan fingerprint density at radius 2 is 2.00 bits per heavy atom. The van der Waals surface area contributed by atoms with Crippen molar-refractivity contribution in [2.45, 2.75) is 25.3 Å². The maximum atomic E-state index is 10.6. The first kappa shape index (κ1) is 11.3. The van der Waals surface area contributed by atoms with E-state index >= 15 is 0 Å². The number of nitrogens with two attached hydrogens (primary N) is 1. The molecule has 1 aromatic rings. The molecule has 0 aliphatic heterocycles. The van der Waals surface area contributed by atoms with Crippen LogP contribution in [-0.4, -0.2) is 11.2 Å². The van der Waals surface area contributed by atoms with Crippen molar-refractivity contribution in [1.82, 2.24) is 0 Å². The van der Waals surface area contributed by atoms with Gasteiger partial charge in [0.2, 0.25) is 0 Å². The summed E-state index contributed by atoms with van der Waals surface area (Å²) in [6.07, 6.45) is 1.98. The minimum absolute atomic E-state index is 0.0495. The second-order valence-corrected chi connectivity index (χ2v) is 3.88. The number of hydrogen-bond acceptors (Lipinski definition) is 2. The summed E-state index contributed by atoms with van der Waals surface area (Å²) in [4.78, 5) is 10.6. The van der Waals surface area contributed by atoms with E-state index < -0.39 is 0 Å². The van der Waals surface area contributed by atoms with Gasteiger partial charge >= 0.3 is 0 Å². The van der Waals surface area contributed by atoms with Gasteiger partial charge in [0.05, 0.1) is 0 Å². The fourth-order valence-electron chi connectivity index (χ4n) is 1.33.